The standard InChI is InChI=1S/C15H18N2O3/c1-10-6-7-17-13-11(10)4-2-5-12(13)16-14(15(17)19)20-9-3-8-18/h2,4-5,10,18H,3,6-9H2,1H3. The van der Waals surface area contributed by atoms with Crippen LogP contribution in [-0.4, -0.2) is 27.9 Å². The van der Waals surface area contributed by atoms with Gasteiger partial charge < -0.3 is 14.4 Å². The van der Waals surface area contributed by atoms with Crippen molar-refractivity contribution in [2.45, 2.75) is 32.2 Å². The topological polar surface area (TPSA) is 64.3 Å². The number of hydrogen-bond donors (Lipinski definition) is 1. The van der Waals surface area contributed by atoms with Crippen molar-refractivity contribution in [3.05, 3.63) is 34.1 Å². The second-order valence-electron chi connectivity index (χ2n) is 5.20. The fourth-order valence-corrected chi connectivity index (χ4v) is 2.72. The average Bonchev–Trinajstić information content (AvgIpc) is 2.46. The van der Waals surface area contributed by atoms with Crippen LogP contribution >= 0.6 is 0 Å². The fourth-order valence-electron chi connectivity index (χ4n) is 2.72. The molecule has 2 heterocycles. The summed E-state index contributed by atoms with van der Waals surface area (Å²) in [5.74, 6) is 0.582. The van der Waals surface area contributed by atoms with Gasteiger partial charge >= 0.3 is 5.56 Å². The SMILES string of the molecule is CC1CCn2c(=O)c(OCCCO)nc3cccc1c32. The Bertz CT molecular complexity index is 693. The quantitative estimate of drug-likeness (QED) is 0.861. The second kappa shape index (κ2) is 5.25. The third kappa shape index (κ3) is 2.08. The number of benzene rings is 1. The number of ether oxygens (including phenoxy) is 1. The van der Waals surface area contributed by atoms with Crippen molar-refractivity contribution in [2.75, 3.05) is 13.2 Å². The summed E-state index contributed by atoms with van der Waals surface area (Å²) in [6.07, 6.45) is 1.45. The molecular formula is C15H18N2O3. The van der Waals surface area contributed by atoms with Crippen LogP contribution in [0.15, 0.2) is 23.0 Å². The molecule has 0 amide bonds. The van der Waals surface area contributed by atoms with Crippen LogP contribution in [-0.2, 0) is 6.54 Å². The lowest BCUT2D eigenvalue weighted by atomic mass is 9.93. The van der Waals surface area contributed by atoms with Gasteiger partial charge in [0.2, 0.25) is 0 Å². The molecule has 1 unspecified atom stereocenters. The van der Waals surface area contributed by atoms with Crippen molar-refractivity contribution in [3.63, 3.8) is 0 Å². The summed E-state index contributed by atoms with van der Waals surface area (Å²) < 4.78 is 7.18. The lowest BCUT2D eigenvalue weighted by Gasteiger charge is -2.24. The summed E-state index contributed by atoms with van der Waals surface area (Å²) in [6.45, 7) is 3.23. The lowest BCUT2D eigenvalue weighted by Crippen LogP contribution is -2.28. The van der Waals surface area contributed by atoms with E-state index in [1.165, 1.54) is 5.56 Å². The highest BCUT2D eigenvalue weighted by molar-refractivity contribution is 5.80. The van der Waals surface area contributed by atoms with Crippen molar-refractivity contribution in [1.29, 1.82) is 0 Å². The molecule has 1 aliphatic heterocycles. The Balaban J connectivity index is 2.13. The third-order valence-electron chi connectivity index (χ3n) is 3.82. The molecule has 106 valence electrons. The molecule has 2 aromatic rings. The number of nitrogens with zero attached hydrogens (tertiary/aromatic N) is 2. The second-order valence-corrected chi connectivity index (χ2v) is 5.20. The highest BCUT2D eigenvalue weighted by atomic mass is 16.5. The van der Waals surface area contributed by atoms with Crippen LogP contribution in [0, 0.1) is 0 Å². The highest BCUT2D eigenvalue weighted by Crippen LogP contribution is 2.31. The fraction of sp³-hybridized carbons (Fsp3) is 0.467. The van der Waals surface area contributed by atoms with E-state index in [9.17, 15) is 4.79 Å². The molecule has 1 aromatic carbocycles. The third-order valence-corrected chi connectivity index (χ3v) is 3.82. The highest BCUT2D eigenvalue weighted by Gasteiger charge is 2.22. The van der Waals surface area contributed by atoms with Crippen molar-refractivity contribution in [2.24, 2.45) is 0 Å². The Morgan fingerprint density at radius 2 is 2.35 bits per heavy atom. The summed E-state index contributed by atoms with van der Waals surface area (Å²) in [5, 5.41) is 8.78. The van der Waals surface area contributed by atoms with Gasteiger partial charge in [0, 0.05) is 19.6 Å². The molecule has 1 N–H and O–H groups in total. The van der Waals surface area contributed by atoms with Crippen LogP contribution in [0.1, 0.15) is 31.2 Å². The molecule has 1 aromatic heterocycles. The first-order valence-corrected chi connectivity index (χ1v) is 6.99. The maximum absolute atomic E-state index is 12.4. The zero-order valence-corrected chi connectivity index (χ0v) is 11.5. The van der Waals surface area contributed by atoms with E-state index >= 15 is 0 Å². The molecule has 0 aliphatic carbocycles. The van der Waals surface area contributed by atoms with Crippen LogP contribution in [0.5, 0.6) is 5.88 Å². The zero-order valence-electron chi connectivity index (χ0n) is 11.5. The minimum atomic E-state index is -0.171. The van der Waals surface area contributed by atoms with E-state index < -0.39 is 0 Å². The van der Waals surface area contributed by atoms with Crippen LogP contribution in [0.3, 0.4) is 0 Å². The van der Waals surface area contributed by atoms with E-state index in [1.54, 1.807) is 4.57 Å². The van der Waals surface area contributed by atoms with Gasteiger partial charge in [0.15, 0.2) is 0 Å². The van der Waals surface area contributed by atoms with E-state index in [0.29, 0.717) is 25.5 Å². The minimum absolute atomic E-state index is 0.0451. The minimum Gasteiger partial charge on any atom is -0.474 e. The van der Waals surface area contributed by atoms with Gasteiger partial charge in [-0.1, -0.05) is 19.1 Å². The van der Waals surface area contributed by atoms with Gasteiger partial charge in [-0.2, -0.15) is 0 Å². The van der Waals surface area contributed by atoms with Crippen LogP contribution in [0.4, 0.5) is 0 Å². The number of hydrogen-bond acceptors (Lipinski definition) is 4. The normalized spacial score (nSPS) is 17.4. The van der Waals surface area contributed by atoms with Crippen LogP contribution < -0.4 is 10.3 Å². The van der Waals surface area contributed by atoms with E-state index in [4.69, 9.17) is 9.84 Å². The first kappa shape index (κ1) is 13.1. The van der Waals surface area contributed by atoms with Crippen molar-refractivity contribution in [3.8, 4) is 5.88 Å². The number of aryl methyl sites for hydroxylation is 1. The van der Waals surface area contributed by atoms with Crippen molar-refractivity contribution < 1.29 is 9.84 Å². The monoisotopic (exact) mass is 274 g/mol. The largest absolute Gasteiger partial charge is 0.474 e. The van der Waals surface area contributed by atoms with E-state index in [1.807, 2.05) is 12.1 Å². The molecule has 0 fully saturated rings. The van der Waals surface area contributed by atoms with Crippen molar-refractivity contribution >= 4 is 11.0 Å². The molecular weight excluding hydrogens is 256 g/mol. The van der Waals surface area contributed by atoms with Gasteiger partial charge in [0.05, 0.1) is 17.6 Å². The molecule has 0 bridgehead atoms. The Kier molecular flexibility index (Phi) is 3.44. The van der Waals surface area contributed by atoms with Gasteiger partial charge in [0.25, 0.3) is 5.88 Å². The predicted molar refractivity (Wildman–Crippen MR) is 76.2 cm³/mol. The first-order chi connectivity index (χ1) is 9.72. The Hall–Kier alpha value is -1.88. The summed E-state index contributed by atoms with van der Waals surface area (Å²) in [7, 11) is 0. The van der Waals surface area contributed by atoms with Crippen LogP contribution in [0.2, 0.25) is 0 Å². The summed E-state index contributed by atoms with van der Waals surface area (Å²) >= 11 is 0. The Morgan fingerprint density at radius 3 is 3.15 bits per heavy atom. The van der Waals surface area contributed by atoms with Gasteiger partial charge in [-0.05, 0) is 24.0 Å². The maximum atomic E-state index is 12.4. The smallest absolute Gasteiger partial charge is 0.313 e. The molecule has 20 heavy (non-hydrogen) atoms. The van der Waals surface area contributed by atoms with E-state index in [-0.39, 0.29) is 18.0 Å². The molecule has 0 radical (unpaired) electrons. The Morgan fingerprint density at radius 1 is 1.50 bits per heavy atom. The zero-order chi connectivity index (χ0) is 14.1. The number of aromatic nitrogens is 2. The molecule has 5 heteroatoms. The number of rotatable bonds is 4. The van der Waals surface area contributed by atoms with E-state index in [0.717, 1.165) is 17.5 Å². The average molecular weight is 274 g/mol. The van der Waals surface area contributed by atoms with Gasteiger partial charge in [-0.3, -0.25) is 4.79 Å². The molecule has 1 aliphatic rings. The van der Waals surface area contributed by atoms with Gasteiger partial charge in [0.1, 0.15) is 0 Å². The van der Waals surface area contributed by atoms with Crippen LogP contribution in [0.25, 0.3) is 11.0 Å². The molecule has 0 spiro atoms. The number of para-hydroxylation sites is 1. The molecule has 0 saturated carbocycles. The lowest BCUT2D eigenvalue weighted by molar-refractivity contribution is 0.227. The molecule has 0 saturated heterocycles. The summed E-state index contributed by atoms with van der Waals surface area (Å²) in [4.78, 5) is 16.8. The molecule has 5 nitrogen and oxygen atoms in total. The number of aliphatic hydroxyl groups is 1. The predicted octanol–water partition coefficient (Wildman–Crippen LogP) is 1.66. The van der Waals surface area contributed by atoms with Gasteiger partial charge in [-0.25, -0.2) is 4.98 Å². The number of aliphatic hydroxyl groups excluding tert-OH is 1. The van der Waals surface area contributed by atoms with Gasteiger partial charge in [-0.15, -0.1) is 0 Å². The molecule has 1 atom stereocenters. The summed E-state index contributed by atoms with van der Waals surface area (Å²) in [6, 6.07) is 5.95. The molecule has 3 rings (SSSR count). The summed E-state index contributed by atoms with van der Waals surface area (Å²) in [5.41, 5.74) is 2.74. The maximum Gasteiger partial charge on any atom is 0.313 e. The van der Waals surface area contributed by atoms with E-state index in [2.05, 4.69) is 18.0 Å². The Labute approximate surface area is 116 Å². The first-order valence-electron chi connectivity index (χ1n) is 6.99. The van der Waals surface area contributed by atoms with Crippen molar-refractivity contribution in [1.82, 2.24) is 9.55 Å².